The van der Waals surface area contributed by atoms with Gasteiger partial charge in [0.05, 0.1) is 23.6 Å². The van der Waals surface area contributed by atoms with Gasteiger partial charge in [0.2, 0.25) is 0 Å². The van der Waals surface area contributed by atoms with Crippen molar-refractivity contribution in [3.05, 3.63) is 20.8 Å². The Kier molecular flexibility index (Phi) is 6.43. The van der Waals surface area contributed by atoms with Crippen LogP contribution >= 0.6 is 27.3 Å². The van der Waals surface area contributed by atoms with Crippen LogP contribution in [-0.4, -0.2) is 33.0 Å². The molecule has 3 nitrogen and oxygen atoms in total. The van der Waals surface area contributed by atoms with Crippen molar-refractivity contribution in [2.24, 2.45) is 5.73 Å². The molecule has 0 saturated carbocycles. The van der Waals surface area contributed by atoms with Gasteiger partial charge in [0.25, 0.3) is 0 Å². The quantitative estimate of drug-likeness (QED) is 0.783. The van der Waals surface area contributed by atoms with Crippen LogP contribution in [0.1, 0.15) is 4.88 Å². The van der Waals surface area contributed by atoms with E-state index < -0.39 is 0 Å². The SMILES string of the molecule is COCCOCC(N)Cc1ccc(Br)s1. The summed E-state index contributed by atoms with van der Waals surface area (Å²) < 4.78 is 11.4. The Hall–Kier alpha value is 0.0600. The molecule has 1 rings (SSSR count). The molecule has 0 aliphatic rings. The molecule has 1 aromatic heterocycles. The van der Waals surface area contributed by atoms with Gasteiger partial charge in [-0.2, -0.15) is 0 Å². The molecule has 1 aromatic rings. The molecule has 1 atom stereocenters. The molecule has 0 amide bonds. The van der Waals surface area contributed by atoms with Crippen LogP contribution in [0.3, 0.4) is 0 Å². The van der Waals surface area contributed by atoms with Crippen molar-refractivity contribution in [1.82, 2.24) is 0 Å². The van der Waals surface area contributed by atoms with Crippen molar-refractivity contribution in [3.8, 4) is 0 Å². The van der Waals surface area contributed by atoms with Crippen molar-refractivity contribution in [2.75, 3.05) is 26.9 Å². The maximum absolute atomic E-state index is 5.92. The summed E-state index contributed by atoms with van der Waals surface area (Å²) >= 11 is 5.14. The van der Waals surface area contributed by atoms with Crippen molar-refractivity contribution >= 4 is 27.3 Å². The number of hydrogen-bond acceptors (Lipinski definition) is 4. The molecular formula is C10H16BrNO2S. The predicted octanol–water partition coefficient (Wildman–Crippen LogP) is 2.04. The van der Waals surface area contributed by atoms with Crippen LogP contribution in [0.5, 0.6) is 0 Å². The summed E-state index contributed by atoms with van der Waals surface area (Å²) in [6.45, 7) is 1.81. The molecular weight excluding hydrogens is 278 g/mol. The second-order valence-corrected chi connectivity index (χ2v) is 5.79. The van der Waals surface area contributed by atoms with E-state index in [0.717, 1.165) is 10.2 Å². The molecule has 1 unspecified atom stereocenters. The van der Waals surface area contributed by atoms with E-state index in [1.165, 1.54) is 4.88 Å². The van der Waals surface area contributed by atoms with Gasteiger partial charge in [0.1, 0.15) is 0 Å². The molecule has 5 heteroatoms. The summed E-state index contributed by atoms with van der Waals surface area (Å²) in [6, 6.07) is 4.19. The van der Waals surface area contributed by atoms with E-state index in [1.807, 2.05) is 6.07 Å². The summed E-state index contributed by atoms with van der Waals surface area (Å²) in [5, 5.41) is 0. The first-order chi connectivity index (χ1) is 7.22. The maximum Gasteiger partial charge on any atom is 0.0701 e. The number of ether oxygens (including phenoxy) is 2. The lowest BCUT2D eigenvalue weighted by Crippen LogP contribution is -2.28. The average Bonchev–Trinajstić information content (AvgIpc) is 2.59. The Morgan fingerprint density at radius 3 is 2.87 bits per heavy atom. The van der Waals surface area contributed by atoms with E-state index in [4.69, 9.17) is 15.2 Å². The first-order valence-electron chi connectivity index (χ1n) is 4.79. The van der Waals surface area contributed by atoms with E-state index in [-0.39, 0.29) is 6.04 Å². The van der Waals surface area contributed by atoms with E-state index in [2.05, 4.69) is 22.0 Å². The lowest BCUT2D eigenvalue weighted by Gasteiger charge is -2.10. The smallest absolute Gasteiger partial charge is 0.0701 e. The molecule has 0 fully saturated rings. The summed E-state index contributed by atoms with van der Waals surface area (Å²) in [7, 11) is 1.66. The van der Waals surface area contributed by atoms with Crippen molar-refractivity contribution < 1.29 is 9.47 Å². The van der Waals surface area contributed by atoms with E-state index >= 15 is 0 Å². The molecule has 1 heterocycles. The summed E-state index contributed by atoms with van der Waals surface area (Å²) in [5.74, 6) is 0. The number of methoxy groups -OCH3 is 1. The van der Waals surface area contributed by atoms with Crippen molar-refractivity contribution in [1.29, 1.82) is 0 Å². The molecule has 0 bridgehead atoms. The number of halogens is 1. The molecule has 0 aromatic carbocycles. The topological polar surface area (TPSA) is 44.5 Å². The third-order valence-corrected chi connectivity index (χ3v) is 3.50. The molecule has 0 radical (unpaired) electrons. The minimum Gasteiger partial charge on any atom is -0.382 e. The minimum absolute atomic E-state index is 0.0624. The molecule has 86 valence electrons. The molecule has 0 saturated heterocycles. The fourth-order valence-electron chi connectivity index (χ4n) is 1.16. The largest absolute Gasteiger partial charge is 0.382 e. The normalized spacial score (nSPS) is 13.0. The Morgan fingerprint density at radius 2 is 2.27 bits per heavy atom. The highest BCUT2D eigenvalue weighted by Gasteiger charge is 2.06. The van der Waals surface area contributed by atoms with E-state index in [1.54, 1.807) is 18.4 Å². The lowest BCUT2D eigenvalue weighted by atomic mass is 10.2. The first-order valence-corrected chi connectivity index (χ1v) is 6.40. The van der Waals surface area contributed by atoms with Crippen LogP contribution < -0.4 is 5.73 Å². The maximum atomic E-state index is 5.92. The van der Waals surface area contributed by atoms with E-state index in [9.17, 15) is 0 Å². The van der Waals surface area contributed by atoms with Crippen molar-refractivity contribution in [2.45, 2.75) is 12.5 Å². The third kappa shape index (κ3) is 5.63. The standard InChI is InChI=1S/C10H16BrNO2S/c1-13-4-5-14-7-8(12)6-9-2-3-10(11)15-9/h2-3,8H,4-7,12H2,1H3. The Labute approximate surface area is 103 Å². The van der Waals surface area contributed by atoms with Crippen LogP contribution in [0, 0.1) is 0 Å². The molecule has 0 spiro atoms. The monoisotopic (exact) mass is 293 g/mol. The zero-order chi connectivity index (χ0) is 11.1. The second kappa shape index (κ2) is 7.35. The van der Waals surface area contributed by atoms with Gasteiger partial charge in [-0.3, -0.25) is 0 Å². The highest BCUT2D eigenvalue weighted by atomic mass is 79.9. The molecule has 0 aliphatic heterocycles. The van der Waals surface area contributed by atoms with Gasteiger partial charge < -0.3 is 15.2 Å². The van der Waals surface area contributed by atoms with E-state index in [0.29, 0.717) is 19.8 Å². The average molecular weight is 294 g/mol. The fraction of sp³-hybridized carbons (Fsp3) is 0.600. The van der Waals surface area contributed by atoms with Crippen LogP contribution in [0.4, 0.5) is 0 Å². The summed E-state index contributed by atoms with van der Waals surface area (Å²) in [4.78, 5) is 1.28. The Morgan fingerprint density at radius 1 is 1.47 bits per heavy atom. The van der Waals surface area contributed by atoms with Gasteiger partial charge in [-0.15, -0.1) is 11.3 Å². The number of rotatable bonds is 7. The van der Waals surface area contributed by atoms with Crippen LogP contribution in [0.2, 0.25) is 0 Å². The Bertz CT molecular complexity index is 280. The van der Waals surface area contributed by atoms with Gasteiger partial charge in [-0.05, 0) is 34.5 Å². The highest BCUT2D eigenvalue weighted by molar-refractivity contribution is 9.11. The van der Waals surface area contributed by atoms with Gasteiger partial charge in [-0.25, -0.2) is 0 Å². The fourth-order valence-corrected chi connectivity index (χ4v) is 2.73. The lowest BCUT2D eigenvalue weighted by molar-refractivity contribution is 0.0638. The Balaban J connectivity index is 2.15. The van der Waals surface area contributed by atoms with Crippen LogP contribution in [0.15, 0.2) is 15.9 Å². The first kappa shape index (κ1) is 13.1. The molecule has 0 aliphatic carbocycles. The van der Waals surface area contributed by atoms with Gasteiger partial charge in [-0.1, -0.05) is 0 Å². The highest BCUT2D eigenvalue weighted by Crippen LogP contribution is 2.22. The molecule has 2 N–H and O–H groups in total. The zero-order valence-corrected chi connectivity index (χ0v) is 11.1. The van der Waals surface area contributed by atoms with Gasteiger partial charge >= 0.3 is 0 Å². The number of nitrogens with two attached hydrogens (primary N) is 1. The van der Waals surface area contributed by atoms with Crippen LogP contribution in [0.25, 0.3) is 0 Å². The van der Waals surface area contributed by atoms with Gasteiger partial charge in [0, 0.05) is 18.0 Å². The summed E-state index contributed by atoms with van der Waals surface area (Å²) in [6.07, 6.45) is 0.864. The third-order valence-electron chi connectivity index (χ3n) is 1.86. The molecule has 15 heavy (non-hydrogen) atoms. The van der Waals surface area contributed by atoms with Crippen molar-refractivity contribution in [3.63, 3.8) is 0 Å². The van der Waals surface area contributed by atoms with Gasteiger partial charge in [0.15, 0.2) is 0 Å². The predicted molar refractivity (Wildman–Crippen MR) is 66.4 cm³/mol. The van der Waals surface area contributed by atoms with Crippen LogP contribution in [-0.2, 0) is 15.9 Å². The zero-order valence-electron chi connectivity index (χ0n) is 8.74. The summed E-state index contributed by atoms with van der Waals surface area (Å²) in [5.41, 5.74) is 5.92. The number of thiophene rings is 1. The minimum atomic E-state index is 0.0624. The second-order valence-electron chi connectivity index (χ2n) is 3.24. The number of hydrogen-bond donors (Lipinski definition) is 1.